The Morgan fingerprint density at radius 2 is 2.00 bits per heavy atom. The second kappa shape index (κ2) is 6.46. The molecular formula is C13H15N5O. The molecule has 2 rings (SSSR count). The Hall–Kier alpha value is -2.47. The topological polar surface area (TPSA) is 92.9 Å². The fraction of sp³-hybridized carbons (Fsp3) is 0.154. The number of nitrogens with two attached hydrogens (primary N) is 1. The minimum atomic E-state index is -0.279. The summed E-state index contributed by atoms with van der Waals surface area (Å²) in [5, 5.41) is 5.44. The van der Waals surface area contributed by atoms with Gasteiger partial charge in [-0.25, -0.2) is 14.8 Å². The predicted molar refractivity (Wildman–Crippen MR) is 72.2 cm³/mol. The van der Waals surface area contributed by atoms with Crippen LogP contribution in [0.25, 0.3) is 0 Å². The Kier molecular flexibility index (Phi) is 4.41. The average Bonchev–Trinajstić information content (AvgIpc) is 2.47. The van der Waals surface area contributed by atoms with E-state index in [0.29, 0.717) is 13.1 Å². The lowest BCUT2D eigenvalue weighted by Gasteiger charge is -2.07. The number of nitrogens with one attached hydrogen (secondary N) is 2. The highest BCUT2D eigenvalue weighted by Crippen LogP contribution is 2.08. The van der Waals surface area contributed by atoms with Gasteiger partial charge in [-0.1, -0.05) is 12.1 Å². The number of carbonyl (C=O) groups is 1. The van der Waals surface area contributed by atoms with Crippen molar-refractivity contribution in [3.8, 4) is 0 Å². The van der Waals surface area contributed by atoms with Gasteiger partial charge >= 0.3 is 6.03 Å². The van der Waals surface area contributed by atoms with Crippen LogP contribution in [0.5, 0.6) is 0 Å². The van der Waals surface area contributed by atoms with Gasteiger partial charge in [0, 0.05) is 18.4 Å². The standard InChI is InChI=1S/C13H15N5O/c14-7-10-1-3-11(4-2-10)18-13(19)16-8-12-5-6-15-9-17-12/h1-6,9H,7-8,14H2,(H2,16,18,19). The molecule has 6 heteroatoms. The van der Waals surface area contributed by atoms with Crippen molar-refractivity contribution < 1.29 is 4.79 Å². The lowest BCUT2D eigenvalue weighted by Crippen LogP contribution is -2.28. The van der Waals surface area contributed by atoms with E-state index >= 15 is 0 Å². The number of anilines is 1. The molecule has 0 saturated carbocycles. The zero-order valence-corrected chi connectivity index (χ0v) is 10.3. The summed E-state index contributed by atoms with van der Waals surface area (Å²) >= 11 is 0. The van der Waals surface area contributed by atoms with Crippen molar-refractivity contribution in [1.82, 2.24) is 15.3 Å². The van der Waals surface area contributed by atoms with Gasteiger partial charge in [-0.05, 0) is 23.8 Å². The second-order valence-corrected chi connectivity index (χ2v) is 3.91. The lowest BCUT2D eigenvalue weighted by atomic mass is 10.2. The van der Waals surface area contributed by atoms with E-state index in [9.17, 15) is 4.79 Å². The maximum atomic E-state index is 11.6. The van der Waals surface area contributed by atoms with Gasteiger partial charge in [-0.15, -0.1) is 0 Å². The lowest BCUT2D eigenvalue weighted by molar-refractivity contribution is 0.251. The van der Waals surface area contributed by atoms with Gasteiger partial charge in [0.2, 0.25) is 0 Å². The largest absolute Gasteiger partial charge is 0.332 e. The van der Waals surface area contributed by atoms with Crippen molar-refractivity contribution in [3.63, 3.8) is 0 Å². The number of amides is 2. The molecule has 1 heterocycles. The third kappa shape index (κ3) is 4.04. The summed E-state index contributed by atoms with van der Waals surface area (Å²) in [4.78, 5) is 19.5. The molecule has 98 valence electrons. The molecule has 0 radical (unpaired) electrons. The van der Waals surface area contributed by atoms with Crippen LogP contribution in [-0.4, -0.2) is 16.0 Å². The van der Waals surface area contributed by atoms with E-state index in [-0.39, 0.29) is 6.03 Å². The highest BCUT2D eigenvalue weighted by Gasteiger charge is 2.02. The van der Waals surface area contributed by atoms with Crippen LogP contribution < -0.4 is 16.4 Å². The van der Waals surface area contributed by atoms with Crippen molar-refractivity contribution in [3.05, 3.63) is 54.1 Å². The van der Waals surface area contributed by atoms with Crippen molar-refractivity contribution in [2.75, 3.05) is 5.32 Å². The van der Waals surface area contributed by atoms with Gasteiger partial charge in [0.15, 0.2) is 0 Å². The molecule has 0 spiro atoms. The van der Waals surface area contributed by atoms with E-state index in [4.69, 9.17) is 5.73 Å². The SMILES string of the molecule is NCc1ccc(NC(=O)NCc2ccncn2)cc1. The molecule has 2 amide bonds. The molecule has 4 N–H and O–H groups in total. The first-order valence-electron chi connectivity index (χ1n) is 5.86. The molecule has 1 aromatic heterocycles. The van der Waals surface area contributed by atoms with Crippen LogP contribution in [0.4, 0.5) is 10.5 Å². The number of benzene rings is 1. The first-order valence-corrected chi connectivity index (χ1v) is 5.86. The molecule has 0 aliphatic carbocycles. The van der Waals surface area contributed by atoms with E-state index in [2.05, 4.69) is 20.6 Å². The third-order valence-electron chi connectivity index (χ3n) is 2.52. The van der Waals surface area contributed by atoms with Crippen LogP contribution in [0.1, 0.15) is 11.3 Å². The number of carbonyl (C=O) groups excluding carboxylic acids is 1. The average molecular weight is 257 g/mol. The van der Waals surface area contributed by atoms with Crippen molar-refractivity contribution in [2.24, 2.45) is 5.73 Å². The minimum absolute atomic E-state index is 0.279. The molecule has 0 bridgehead atoms. The quantitative estimate of drug-likeness (QED) is 0.768. The van der Waals surface area contributed by atoms with Crippen molar-refractivity contribution >= 4 is 11.7 Å². The number of hydrogen-bond acceptors (Lipinski definition) is 4. The molecule has 1 aromatic carbocycles. The Labute approximate surface area is 111 Å². The summed E-state index contributed by atoms with van der Waals surface area (Å²) < 4.78 is 0. The molecular weight excluding hydrogens is 242 g/mol. The summed E-state index contributed by atoms with van der Waals surface area (Å²) in [6.45, 7) is 0.843. The molecule has 6 nitrogen and oxygen atoms in total. The third-order valence-corrected chi connectivity index (χ3v) is 2.52. The molecule has 0 aliphatic rings. The zero-order chi connectivity index (χ0) is 13.5. The molecule has 0 fully saturated rings. The minimum Gasteiger partial charge on any atom is -0.332 e. The van der Waals surface area contributed by atoms with Crippen LogP contribution in [0.3, 0.4) is 0 Å². The van der Waals surface area contributed by atoms with Crippen LogP contribution in [-0.2, 0) is 13.1 Å². The van der Waals surface area contributed by atoms with E-state index < -0.39 is 0 Å². The number of nitrogens with zero attached hydrogens (tertiary/aromatic N) is 2. The monoisotopic (exact) mass is 257 g/mol. The van der Waals surface area contributed by atoms with Gasteiger partial charge in [-0.3, -0.25) is 0 Å². The first-order chi connectivity index (χ1) is 9.28. The predicted octanol–water partition coefficient (Wildman–Crippen LogP) is 1.26. The van der Waals surface area contributed by atoms with E-state index in [1.54, 1.807) is 12.3 Å². The summed E-state index contributed by atoms with van der Waals surface area (Å²) in [7, 11) is 0. The van der Waals surface area contributed by atoms with Crippen molar-refractivity contribution in [2.45, 2.75) is 13.1 Å². The number of urea groups is 1. The fourth-order valence-corrected chi connectivity index (χ4v) is 1.49. The van der Waals surface area contributed by atoms with Crippen LogP contribution >= 0.6 is 0 Å². The van der Waals surface area contributed by atoms with Crippen LogP contribution in [0.2, 0.25) is 0 Å². The van der Waals surface area contributed by atoms with E-state index in [1.807, 2.05) is 24.3 Å². The highest BCUT2D eigenvalue weighted by molar-refractivity contribution is 5.89. The Balaban J connectivity index is 1.83. The van der Waals surface area contributed by atoms with Gasteiger partial charge in [-0.2, -0.15) is 0 Å². The Bertz CT molecular complexity index is 526. The summed E-state index contributed by atoms with van der Waals surface area (Å²) in [6.07, 6.45) is 3.08. The van der Waals surface area contributed by atoms with Crippen molar-refractivity contribution in [1.29, 1.82) is 0 Å². The fourth-order valence-electron chi connectivity index (χ4n) is 1.49. The molecule has 2 aromatic rings. The van der Waals surface area contributed by atoms with Gasteiger partial charge in [0.1, 0.15) is 6.33 Å². The summed E-state index contributed by atoms with van der Waals surface area (Å²) in [5.41, 5.74) is 7.99. The molecule has 0 atom stereocenters. The maximum absolute atomic E-state index is 11.6. The second-order valence-electron chi connectivity index (χ2n) is 3.91. The number of hydrogen-bond donors (Lipinski definition) is 3. The van der Waals surface area contributed by atoms with E-state index in [1.165, 1.54) is 6.33 Å². The summed E-state index contributed by atoms with van der Waals surface area (Å²) in [6, 6.07) is 8.84. The summed E-state index contributed by atoms with van der Waals surface area (Å²) in [5.74, 6) is 0. The maximum Gasteiger partial charge on any atom is 0.319 e. The zero-order valence-electron chi connectivity index (χ0n) is 10.3. The van der Waals surface area contributed by atoms with Gasteiger partial charge < -0.3 is 16.4 Å². The Morgan fingerprint density at radius 1 is 1.21 bits per heavy atom. The van der Waals surface area contributed by atoms with Crippen LogP contribution in [0, 0.1) is 0 Å². The molecule has 0 saturated heterocycles. The number of aromatic nitrogens is 2. The Morgan fingerprint density at radius 3 is 2.63 bits per heavy atom. The first kappa shape index (κ1) is 13.0. The number of rotatable bonds is 4. The van der Waals surface area contributed by atoms with Crippen LogP contribution in [0.15, 0.2) is 42.9 Å². The highest BCUT2D eigenvalue weighted by atomic mass is 16.2. The van der Waals surface area contributed by atoms with Gasteiger partial charge in [0.05, 0.1) is 12.2 Å². The normalized spacial score (nSPS) is 9.95. The molecule has 0 aliphatic heterocycles. The molecule has 19 heavy (non-hydrogen) atoms. The molecule has 0 unspecified atom stereocenters. The smallest absolute Gasteiger partial charge is 0.319 e. The van der Waals surface area contributed by atoms with Gasteiger partial charge in [0.25, 0.3) is 0 Å². The van der Waals surface area contributed by atoms with E-state index in [0.717, 1.165) is 16.9 Å².